The standard InChI is InChI=1S/C14H16FN3O/c1-3-10-8-11(4-2)18(17-10)13-6-5-9(14(16)19)7-12(13)15/h5-8H,3-4H2,1-2H3,(H2,16,19). The Morgan fingerprint density at radius 2 is 2.05 bits per heavy atom. The molecule has 0 aliphatic carbocycles. The number of nitrogens with zero attached hydrogens (tertiary/aromatic N) is 2. The van der Waals surface area contributed by atoms with Crippen LogP contribution in [0.2, 0.25) is 0 Å². The van der Waals surface area contributed by atoms with Gasteiger partial charge in [0, 0.05) is 11.3 Å². The summed E-state index contributed by atoms with van der Waals surface area (Å²) >= 11 is 0. The Hall–Kier alpha value is -2.17. The molecular weight excluding hydrogens is 245 g/mol. The van der Waals surface area contributed by atoms with Gasteiger partial charge in [0.15, 0.2) is 0 Å². The van der Waals surface area contributed by atoms with Crippen molar-refractivity contribution in [1.29, 1.82) is 0 Å². The number of nitrogens with two attached hydrogens (primary N) is 1. The first-order valence-corrected chi connectivity index (χ1v) is 6.24. The molecular formula is C14H16FN3O. The van der Waals surface area contributed by atoms with Crippen LogP contribution >= 0.6 is 0 Å². The third-order valence-corrected chi connectivity index (χ3v) is 3.02. The van der Waals surface area contributed by atoms with Crippen LogP contribution in [0.3, 0.4) is 0 Å². The second-order valence-electron chi connectivity index (χ2n) is 4.28. The summed E-state index contributed by atoms with van der Waals surface area (Å²) in [6, 6.07) is 6.14. The molecule has 0 bridgehead atoms. The van der Waals surface area contributed by atoms with Crippen LogP contribution in [-0.2, 0) is 12.8 Å². The molecule has 0 saturated heterocycles. The second kappa shape index (κ2) is 5.22. The van der Waals surface area contributed by atoms with E-state index in [-0.39, 0.29) is 5.56 Å². The van der Waals surface area contributed by atoms with Gasteiger partial charge >= 0.3 is 0 Å². The molecule has 100 valence electrons. The molecule has 0 aliphatic rings. The van der Waals surface area contributed by atoms with E-state index >= 15 is 0 Å². The SMILES string of the molecule is CCc1cc(CC)n(-c2ccc(C(N)=O)cc2F)n1. The highest BCUT2D eigenvalue weighted by molar-refractivity contribution is 5.92. The molecule has 2 aromatic rings. The van der Waals surface area contributed by atoms with E-state index in [1.807, 2.05) is 19.9 Å². The van der Waals surface area contributed by atoms with Crippen molar-refractivity contribution in [3.63, 3.8) is 0 Å². The Bertz CT molecular complexity index is 619. The first-order valence-electron chi connectivity index (χ1n) is 6.24. The van der Waals surface area contributed by atoms with Crippen LogP contribution in [0.5, 0.6) is 0 Å². The molecule has 19 heavy (non-hydrogen) atoms. The lowest BCUT2D eigenvalue weighted by Crippen LogP contribution is -2.12. The van der Waals surface area contributed by atoms with Crippen molar-refractivity contribution in [3.05, 3.63) is 47.0 Å². The second-order valence-corrected chi connectivity index (χ2v) is 4.28. The van der Waals surface area contributed by atoms with Crippen molar-refractivity contribution >= 4 is 5.91 Å². The number of amides is 1. The minimum Gasteiger partial charge on any atom is -0.366 e. The molecule has 0 aliphatic heterocycles. The van der Waals surface area contributed by atoms with Gasteiger partial charge in [0.05, 0.1) is 5.69 Å². The first-order chi connectivity index (χ1) is 9.06. The van der Waals surface area contributed by atoms with Crippen molar-refractivity contribution in [3.8, 4) is 5.69 Å². The van der Waals surface area contributed by atoms with E-state index in [2.05, 4.69) is 5.10 Å². The highest BCUT2D eigenvalue weighted by Crippen LogP contribution is 2.18. The predicted molar refractivity (Wildman–Crippen MR) is 70.8 cm³/mol. The number of aryl methyl sites for hydroxylation is 2. The summed E-state index contributed by atoms with van der Waals surface area (Å²) in [6.45, 7) is 3.99. The zero-order valence-electron chi connectivity index (χ0n) is 11.0. The van der Waals surface area contributed by atoms with Crippen molar-refractivity contribution in [2.45, 2.75) is 26.7 Å². The fraction of sp³-hybridized carbons (Fsp3) is 0.286. The maximum absolute atomic E-state index is 14.1. The van der Waals surface area contributed by atoms with Crippen molar-refractivity contribution < 1.29 is 9.18 Å². The van der Waals surface area contributed by atoms with E-state index in [1.54, 1.807) is 4.68 Å². The molecule has 0 unspecified atom stereocenters. The molecule has 0 fully saturated rings. The first kappa shape index (κ1) is 13.3. The van der Waals surface area contributed by atoms with Crippen LogP contribution < -0.4 is 5.73 Å². The van der Waals surface area contributed by atoms with Gasteiger partial charge in [-0.1, -0.05) is 13.8 Å². The van der Waals surface area contributed by atoms with Crippen LogP contribution in [0.15, 0.2) is 24.3 Å². The minimum absolute atomic E-state index is 0.155. The summed E-state index contributed by atoms with van der Waals surface area (Å²) in [5.41, 5.74) is 7.46. The van der Waals surface area contributed by atoms with Gasteiger partial charge in [-0.25, -0.2) is 9.07 Å². The van der Waals surface area contributed by atoms with Crippen LogP contribution in [0, 0.1) is 5.82 Å². The lowest BCUT2D eigenvalue weighted by Gasteiger charge is -2.08. The van der Waals surface area contributed by atoms with Gasteiger partial charge in [-0.3, -0.25) is 4.79 Å². The van der Waals surface area contributed by atoms with Gasteiger partial charge in [0.2, 0.25) is 5.91 Å². The number of aromatic nitrogens is 2. The molecule has 1 aromatic carbocycles. The number of benzene rings is 1. The fourth-order valence-electron chi connectivity index (χ4n) is 1.94. The highest BCUT2D eigenvalue weighted by Gasteiger charge is 2.13. The number of halogens is 1. The normalized spacial score (nSPS) is 10.7. The molecule has 0 atom stereocenters. The largest absolute Gasteiger partial charge is 0.366 e. The molecule has 0 saturated carbocycles. The monoisotopic (exact) mass is 261 g/mol. The van der Waals surface area contributed by atoms with E-state index in [1.165, 1.54) is 12.1 Å². The van der Waals surface area contributed by atoms with E-state index < -0.39 is 11.7 Å². The van der Waals surface area contributed by atoms with Gasteiger partial charge in [0.25, 0.3) is 0 Å². The van der Waals surface area contributed by atoms with Gasteiger partial charge < -0.3 is 5.73 Å². The zero-order valence-corrected chi connectivity index (χ0v) is 11.0. The Morgan fingerprint density at radius 1 is 1.32 bits per heavy atom. The molecule has 2 rings (SSSR count). The molecule has 4 nitrogen and oxygen atoms in total. The number of carbonyl (C=O) groups excluding carboxylic acids is 1. The Kier molecular flexibility index (Phi) is 3.64. The van der Waals surface area contributed by atoms with E-state index in [4.69, 9.17) is 5.73 Å². The van der Waals surface area contributed by atoms with Gasteiger partial charge in [0.1, 0.15) is 11.5 Å². The quantitative estimate of drug-likeness (QED) is 0.917. The average molecular weight is 261 g/mol. The maximum Gasteiger partial charge on any atom is 0.248 e. The topological polar surface area (TPSA) is 60.9 Å². The molecule has 1 amide bonds. The van der Waals surface area contributed by atoms with E-state index in [9.17, 15) is 9.18 Å². The summed E-state index contributed by atoms with van der Waals surface area (Å²) < 4.78 is 15.6. The Balaban J connectivity index is 2.52. The predicted octanol–water partition coefficient (Wildman–Crippen LogP) is 2.24. The fourth-order valence-corrected chi connectivity index (χ4v) is 1.94. The molecule has 1 aromatic heterocycles. The van der Waals surface area contributed by atoms with Crippen molar-refractivity contribution in [1.82, 2.24) is 9.78 Å². The number of primary amides is 1. The lowest BCUT2D eigenvalue weighted by molar-refractivity contribution is 0.1000. The summed E-state index contributed by atoms with van der Waals surface area (Å²) in [5, 5.41) is 4.37. The number of rotatable bonds is 4. The van der Waals surface area contributed by atoms with Crippen LogP contribution in [-0.4, -0.2) is 15.7 Å². The van der Waals surface area contributed by atoms with E-state index in [0.29, 0.717) is 5.69 Å². The molecule has 2 N–H and O–H groups in total. The number of hydrogen-bond acceptors (Lipinski definition) is 2. The van der Waals surface area contributed by atoms with Gasteiger partial charge in [-0.05, 0) is 37.1 Å². The van der Waals surface area contributed by atoms with Crippen molar-refractivity contribution in [2.24, 2.45) is 5.73 Å². The van der Waals surface area contributed by atoms with Gasteiger partial charge in [-0.2, -0.15) is 5.10 Å². The summed E-state index contributed by atoms with van der Waals surface area (Å²) in [6.07, 6.45) is 1.55. The number of carbonyl (C=O) groups is 1. The van der Waals surface area contributed by atoms with Crippen LogP contribution in [0.1, 0.15) is 35.6 Å². The third kappa shape index (κ3) is 2.50. The molecule has 0 radical (unpaired) electrons. The Labute approximate surface area is 111 Å². The zero-order chi connectivity index (χ0) is 14.0. The lowest BCUT2D eigenvalue weighted by atomic mass is 10.2. The van der Waals surface area contributed by atoms with Gasteiger partial charge in [-0.15, -0.1) is 0 Å². The van der Waals surface area contributed by atoms with Crippen molar-refractivity contribution in [2.75, 3.05) is 0 Å². The summed E-state index contributed by atoms with van der Waals surface area (Å²) in [7, 11) is 0. The molecule has 1 heterocycles. The smallest absolute Gasteiger partial charge is 0.248 e. The third-order valence-electron chi connectivity index (χ3n) is 3.02. The summed E-state index contributed by atoms with van der Waals surface area (Å²) in [5.74, 6) is -1.15. The minimum atomic E-state index is -0.643. The average Bonchev–Trinajstić information content (AvgIpc) is 2.81. The van der Waals surface area contributed by atoms with E-state index in [0.717, 1.165) is 30.3 Å². The Morgan fingerprint density at radius 3 is 2.58 bits per heavy atom. The molecule has 0 spiro atoms. The number of hydrogen-bond donors (Lipinski definition) is 1. The van der Waals surface area contributed by atoms with Crippen LogP contribution in [0.4, 0.5) is 4.39 Å². The summed E-state index contributed by atoms with van der Waals surface area (Å²) in [4.78, 5) is 11.0. The van der Waals surface area contributed by atoms with Crippen LogP contribution in [0.25, 0.3) is 5.69 Å². The highest BCUT2D eigenvalue weighted by atomic mass is 19.1. The molecule has 5 heteroatoms. The maximum atomic E-state index is 14.1.